The summed E-state index contributed by atoms with van der Waals surface area (Å²) in [4.78, 5) is 7.90. The smallest absolute Gasteiger partial charge is 0.0235 e. The Morgan fingerprint density at radius 1 is 1.12 bits per heavy atom. The third kappa shape index (κ3) is 2.13. The van der Waals surface area contributed by atoms with Crippen molar-refractivity contribution >= 4 is 0 Å². The summed E-state index contributed by atoms with van der Waals surface area (Å²) in [6.07, 6.45) is 2.83. The minimum absolute atomic E-state index is 0.681. The van der Waals surface area contributed by atoms with Crippen LogP contribution in [-0.2, 0) is 0 Å². The Morgan fingerprint density at radius 2 is 1.88 bits per heavy atom. The third-order valence-corrected chi connectivity index (χ3v) is 5.12. The highest BCUT2D eigenvalue weighted by molar-refractivity contribution is 5.02. The molecule has 0 aromatic heterocycles. The zero-order valence-electron chi connectivity index (χ0n) is 11.7. The van der Waals surface area contributed by atoms with Crippen molar-refractivity contribution in [1.29, 1.82) is 0 Å². The molecule has 0 aliphatic carbocycles. The van der Waals surface area contributed by atoms with Gasteiger partial charge in [0.1, 0.15) is 0 Å². The molecule has 3 aliphatic heterocycles. The predicted octanol–water partition coefficient (Wildman–Crippen LogP) is 1.11. The van der Waals surface area contributed by atoms with Gasteiger partial charge in [-0.3, -0.25) is 9.80 Å². The Hall–Kier alpha value is -0.120. The predicted molar refractivity (Wildman–Crippen MR) is 71.2 cm³/mol. The van der Waals surface area contributed by atoms with Crippen molar-refractivity contribution in [2.75, 3.05) is 46.3 Å². The summed E-state index contributed by atoms with van der Waals surface area (Å²) in [5.74, 6) is 0. The van der Waals surface area contributed by atoms with Crippen LogP contribution in [0.3, 0.4) is 0 Å². The van der Waals surface area contributed by atoms with Gasteiger partial charge in [-0.05, 0) is 40.3 Å². The fourth-order valence-corrected chi connectivity index (χ4v) is 4.17. The van der Waals surface area contributed by atoms with E-state index in [9.17, 15) is 0 Å². The van der Waals surface area contributed by atoms with Crippen LogP contribution < -0.4 is 0 Å². The number of hydrogen-bond acceptors (Lipinski definition) is 3. The first kappa shape index (κ1) is 11.9. The summed E-state index contributed by atoms with van der Waals surface area (Å²) in [5.41, 5.74) is 0.681. The normalized spacial score (nSPS) is 34.9. The molecule has 0 N–H and O–H groups in total. The molecule has 3 saturated heterocycles. The molecule has 0 aromatic carbocycles. The van der Waals surface area contributed by atoms with Crippen molar-refractivity contribution in [2.24, 2.45) is 5.41 Å². The van der Waals surface area contributed by atoms with Gasteiger partial charge in [-0.2, -0.15) is 0 Å². The Labute approximate surface area is 106 Å². The van der Waals surface area contributed by atoms with E-state index in [2.05, 4.69) is 35.6 Å². The fraction of sp³-hybridized carbons (Fsp3) is 1.00. The lowest BCUT2D eigenvalue weighted by Gasteiger charge is -2.46. The van der Waals surface area contributed by atoms with Gasteiger partial charge in [0.25, 0.3) is 0 Å². The van der Waals surface area contributed by atoms with Crippen molar-refractivity contribution in [3.8, 4) is 0 Å². The average Bonchev–Trinajstić information content (AvgIpc) is 2.81. The zero-order valence-corrected chi connectivity index (χ0v) is 11.7. The van der Waals surface area contributed by atoms with E-state index in [0.717, 1.165) is 12.1 Å². The van der Waals surface area contributed by atoms with Gasteiger partial charge in [0.15, 0.2) is 0 Å². The lowest BCUT2D eigenvalue weighted by atomic mass is 9.79. The van der Waals surface area contributed by atoms with Crippen molar-refractivity contribution < 1.29 is 0 Å². The van der Waals surface area contributed by atoms with Gasteiger partial charge in [0.2, 0.25) is 0 Å². The molecule has 3 heterocycles. The van der Waals surface area contributed by atoms with Crippen LogP contribution >= 0.6 is 0 Å². The fourth-order valence-electron chi connectivity index (χ4n) is 4.17. The summed E-state index contributed by atoms with van der Waals surface area (Å²) < 4.78 is 0. The number of rotatable bonds is 2. The first-order chi connectivity index (χ1) is 8.08. The molecule has 3 fully saturated rings. The van der Waals surface area contributed by atoms with Crippen LogP contribution in [0.25, 0.3) is 0 Å². The third-order valence-electron chi connectivity index (χ3n) is 5.12. The lowest BCUT2D eigenvalue weighted by molar-refractivity contribution is 0.0267. The molecule has 17 heavy (non-hydrogen) atoms. The number of likely N-dealkylation sites (tertiary alicyclic amines) is 3. The largest absolute Gasteiger partial charge is 0.305 e. The highest BCUT2D eigenvalue weighted by Gasteiger charge is 2.47. The van der Waals surface area contributed by atoms with Gasteiger partial charge in [-0.1, -0.05) is 0 Å². The molecular formula is C14H27N3. The maximum absolute atomic E-state index is 2.79. The van der Waals surface area contributed by atoms with Crippen molar-refractivity contribution in [1.82, 2.24) is 14.7 Å². The molecule has 3 nitrogen and oxygen atoms in total. The Bertz CT molecular complexity index is 283. The lowest BCUT2D eigenvalue weighted by Crippen LogP contribution is -2.56. The van der Waals surface area contributed by atoms with Gasteiger partial charge in [0.05, 0.1) is 0 Å². The number of nitrogens with zero attached hydrogens (tertiary/aromatic N) is 3. The van der Waals surface area contributed by atoms with Gasteiger partial charge in [0, 0.05) is 50.2 Å². The highest BCUT2D eigenvalue weighted by atomic mass is 15.3. The van der Waals surface area contributed by atoms with E-state index in [-0.39, 0.29) is 0 Å². The summed E-state index contributed by atoms with van der Waals surface area (Å²) in [6.45, 7) is 12.7. The molecule has 1 unspecified atom stereocenters. The maximum atomic E-state index is 2.79. The second kappa shape index (κ2) is 4.22. The molecule has 0 radical (unpaired) electrons. The Kier molecular flexibility index (Phi) is 2.96. The van der Waals surface area contributed by atoms with Crippen molar-refractivity contribution in [3.05, 3.63) is 0 Å². The molecule has 0 aromatic rings. The van der Waals surface area contributed by atoms with Crippen LogP contribution in [0, 0.1) is 5.41 Å². The monoisotopic (exact) mass is 237 g/mol. The first-order valence-electron chi connectivity index (χ1n) is 7.25. The van der Waals surface area contributed by atoms with Crippen LogP contribution in [-0.4, -0.2) is 73.1 Å². The van der Waals surface area contributed by atoms with Crippen LogP contribution in [0.2, 0.25) is 0 Å². The molecule has 3 heteroatoms. The van der Waals surface area contributed by atoms with Crippen LogP contribution in [0.5, 0.6) is 0 Å². The van der Waals surface area contributed by atoms with Crippen molar-refractivity contribution in [3.63, 3.8) is 0 Å². The second-order valence-corrected chi connectivity index (χ2v) is 6.92. The van der Waals surface area contributed by atoms with Crippen LogP contribution in [0.15, 0.2) is 0 Å². The van der Waals surface area contributed by atoms with E-state index in [1.54, 1.807) is 0 Å². The highest BCUT2D eigenvalue weighted by Crippen LogP contribution is 2.40. The standard InChI is InChI=1S/C14H27N3/c1-12(2)16-6-4-13(8-16)17-7-5-14(11-17)9-15(3)10-14/h12-13H,4-11H2,1-3H3. The Balaban J connectivity index is 1.54. The second-order valence-electron chi connectivity index (χ2n) is 6.92. The Morgan fingerprint density at radius 3 is 2.47 bits per heavy atom. The van der Waals surface area contributed by atoms with Crippen LogP contribution in [0.1, 0.15) is 26.7 Å². The van der Waals surface area contributed by atoms with E-state index in [0.29, 0.717) is 5.41 Å². The average molecular weight is 237 g/mol. The van der Waals surface area contributed by atoms with Gasteiger partial charge >= 0.3 is 0 Å². The molecule has 0 amide bonds. The van der Waals surface area contributed by atoms with E-state index in [1.165, 1.54) is 52.1 Å². The van der Waals surface area contributed by atoms with E-state index < -0.39 is 0 Å². The molecule has 3 aliphatic rings. The molecule has 1 spiro atoms. The summed E-state index contributed by atoms with van der Waals surface area (Å²) in [5, 5.41) is 0. The number of hydrogen-bond donors (Lipinski definition) is 0. The first-order valence-corrected chi connectivity index (χ1v) is 7.25. The quantitative estimate of drug-likeness (QED) is 0.712. The maximum Gasteiger partial charge on any atom is 0.0235 e. The summed E-state index contributed by atoms with van der Waals surface area (Å²) >= 11 is 0. The van der Waals surface area contributed by atoms with Gasteiger partial charge in [-0.25, -0.2) is 0 Å². The summed E-state index contributed by atoms with van der Waals surface area (Å²) in [6, 6.07) is 1.58. The van der Waals surface area contributed by atoms with E-state index in [4.69, 9.17) is 0 Å². The summed E-state index contributed by atoms with van der Waals surface area (Å²) in [7, 11) is 2.25. The molecular weight excluding hydrogens is 210 g/mol. The van der Waals surface area contributed by atoms with E-state index in [1.807, 2.05) is 0 Å². The van der Waals surface area contributed by atoms with Crippen molar-refractivity contribution in [2.45, 2.75) is 38.8 Å². The zero-order chi connectivity index (χ0) is 12.0. The van der Waals surface area contributed by atoms with Crippen LogP contribution in [0.4, 0.5) is 0 Å². The minimum Gasteiger partial charge on any atom is -0.305 e. The van der Waals surface area contributed by atoms with Gasteiger partial charge in [-0.15, -0.1) is 0 Å². The molecule has 3 rings (SSSR count). The molecule has 98 valence electrons. The SMILES string of the molecule is CC(C)N1CCC(N2CCC3(CN(C)C3)C2)C1. The molecule has 0 bridgehead atoms. The molecule has 1 atom stereocenters. The topological polar surface area (TPSA) is 9.72 Å². The van der Waals surface area contributed by atoms with E-state index >= 15 is 0 Å². The molecule has 0 saturated carbocycles. The minimum atomic E-state index is 0.681. The van der Waals surface area contributed by atoms with Gasteiger partial charge < -0.3 is 4.90 Å².